The van der Waals surface area contributed by atoms with Crippen molar-refractivity contribution in [3.63, 3.8) is 0 Å². The summed E-state index contributed by atoms with van der Waals surface area (Å²) in [5.41, 5.74) is 0.819. The molecule has 0 radical (unpaired) electrons. The quantitative estimate of drug-likeness (QED) is 0.683. The molecule has 1 saturated heterocycles. The van der Waals surface area contributed by atoms with Crippen molar-refractivity contribution in [2.75, 3.05) is 13.2 Å². The van der Waals surface area contributed by atoms with Crippen LogP contribution in [0, 0.1) is 5.92 Å². The number of ether oxygens (including phenoxy) is 1. The first-order valence-corrected chi connectivity index (χ1v) is 5.02. The first-order valence-electron chi connectivity index (χ1n) is 5.02. The SMILES string of the molecule is O=C(C[C@H]1CCOC1)c1ccccc1. The van der Waals surface area contributed by atoms with Gasteiger partial charge in [0.2, 0.25) is 0 Å². The van der Waals surface area contributed by atoms with Gasteiger partial charge in [-0.2, -0.15) is 0 Å². The maximum atomic E-state index is 11.7. The molecule has 0 unspecified atom stereocenters. The van der Waals surface area contributed by atoms with Crippen LogP contribution in [0.3, 0.4) is 0 Å². The van der Waals surface area contributed by atoms with Gasteiger partial charge in [-0.25, -0.2) is 0 Å². The van der Waals surface area contributed by atoms with Crippen LogP contribution >= 0.6 is 0 Å². The minimum Gasteiger partial charge on any atom is -0.381 e. The lowest BCUT2D eigenvalue weighted by Gasteiger charge is -2.05. The molecule has 1 aliphatic rings. The van der Waals surface area contributed by atoms with E-state index >= 15 is 0 Å². The number of carbonyl (C=O) groups is 1. The number of hydrogen-bond acceptors (Lipinski definition) is 2. The number of benzene rings is 1. The van der Waals surface area contributed by atoms with Crippen molar-refractivity contribution >= 4 is 5.78 Å². The van der Waals surface area contributed by atoms with Gasteiger partial charge in [0.15, 0.2) is 5.78 Å². The second-order valence-corrected chi connectivity index (χ2v) is 3.72. The minimum absolute atomic E-state index is 0.237. The standard InChI is InChI=1S/C12H14O2/c13-12(8-10-6-7-14-9-10)11-4-2-1-3-5-11/h1-5,10H,6-9H2/t10-/m1/s1. The topological polar surface area (TPSA) is 26.3 Å². The Balaban J connectivity index is 1.95. The van der Waals surface area contributed by atoms with Crippen LogP contribution in [0.4, 0.5) is 0 Å². The van der Waals surface area contributed by atoms with Gasteiger partial charge in [-0.3, -0.25) is 4.79 Å². The third-order valence-corrected chi connectivity index (χ3v) is 2.59. The molecule has 2 nitrogen and oxygen atoms in total. The van der Waals surface area contributed by atoms with Crippen molar-refractivity contribution in [3.05, 3.63) is 35.9 Å². The molecule has 0 amide bonds. The first kappa shape index (κ1) is 9.41. The normalized spacial score (nSPS) is 21.0. The largest absolute Gasteiger partial charge is 0.381 e. The first-order chi connectivity index (χ1) is 6.86. The Kier molecular flexibility index (Phi) is 2.94. The summed E-state index contributed by atoms with van der Waals surface area (Å²) in [5, 5.41) is 0. The lowest BCUT2D eigenvalue weighted by molar-refractivity contribution is 0.0953. The Morgan fingerprint density at radius 3 is 2.79 bits per heavy atom. The van der Waals surface area contributed by atoms with E-state index in [2.05, 4.69) is 0 Å². The van der Waals surface area contributed by atoms with Gasteiger partial charge in [-0.1, -0.05) is 30.3 Å². The molecule has 1 aromatic carbocycles. The highest BCUT2D eigenvalue weighted by molar-refractivity contribution is 5.96. The fourth-order valence-corrected chi connectivity index (χ4v) is 1.75. The molecule has 2 rings (SSSR count). The molecule has 0 N–H and O–H groups in total. The van der Waals surface area contributed by atoms with Gasteiger partial charge in [-0.05, 0) is 12.3 Å². The molecule has 1 aliphatic heterocycles. The van der Waals surface area contributed by atoms with E-state index in [0.717, 1.165) is 25.2 Å². The van der Waals surface area contributed by atoms with Crippen LogP contribution < -0.4 is 0 Å². The molecular weight excluding hydrogens is 176 g/mol. The summed E-state index contributed by atoms with van der Waals surface area (Å²) < 4.78 is 5.24. The molecule has 0 bridgehead atoms. The predicted octanol–water partition coefficient (Wildman–Crippen LogP) is 2.30. The Hall–Kier alpha value is -1.15. The number of Topliss-reactive ketones (excluding diaryl/α,β-unsaturated/α-hetero) is 1. The third-order valence-electron chi connectivity index (χ3n) is 2.59. The fraction of sp³-hybridized carbons (Fsp3) is 0.417. The van der Waals surface area contributed by atoms with E-state index in [0.29, 0.717) is 12.3 Å². The van der Waals surface area contributed by atoms with E-state index in [1.165, 1.54) is 0 Å². The number of rotatable bonds is 3. The van der Waals surface area contributed by atoms with E-state index in [1.54, 1.807) is 0 Å². The highest BCUT2D eigenvalue weighted by Gasteiger charge is 2.19. The van der Waals surface area contributed by atoms with Gasteiger partial charge in [-0.15, -0.1) is 0 Å². The average molecular weight is 190 g/mol. The van der Waals surface area contributed by atoms with Gasteiger partial charge in [0.05, 0.1) is 0 Å². The minimum atomic E-state index is 0.237. The molecule has 0 spiro atoms. The van der Waals surface area contributed by atoms with Crippen molar-refractivity contribution in [3.8, 4) is 0 Å². The van der Waals surface area contributed by atoms with Crippen molar-refractivity contribution in [2.24, 2.45) is 5.92 Å². The highest BCUT2D eigenvalue weighted by atomic mass is 16.5. The molecule has 1 fully saturated rings. The van der Waals surface area contributed by atoms with Crippen LogP contribution in [0.15, 0.2) is 30.3 Å². The van der Waals surface area contributed by atoms with Crippen molar-refractivity contribution in [2.45, 2.75) is 12.8 Å². The van der Waals surface area contributed by atoms with Gasteiger partial charge in [0.1, 0.15) is 0 Å². The highest BCUT2D eigenvalue weighted by Crippen LogP contribution is 2.18. The average Bonchev–Trinajstić information content (AvgIpc) is 2.72. The zero-order valence-electron chi connectivity index (χ0n) is 8.11. The lowest BCUT2D eigenvalue weighted by Crippen LogP contribution is -2.08. The summed E-state index contributed by atoms with van der Waals surface area (Å²) in [6, 6.07) is 9.47. The smallest absolute Gasteiger partial charge is 0.163 e. The zero-order chi connectivity index (χ0) is 9.80. The molecule has 0 aliphatic carbocycles. The van der Waals surface area contributed by atoms with E-state index in [-0.39, 0.29) is 5.78 Å². The summed E-state index contributed by atoms with van der Waals surface area (Å²) in [5.74, 6) is 0.670. The summed E-state index contributed by atoms with van der Waals surface area (Å²) in [6.07, 6.45) is 1.66. The van der Waals surface area contributed by atoms with Crippen LogP contribution in [0.25, 0.3) is 0 Å². The van der Waals surface area contributed by atoms with Crippen molar-refractivity contribution < 1.29 is 9.53 Å². The molecule has 74 valence electrons. The van der Waals surface area contributed by atoms with Crippen LogP contribution in [0.5, 0.6) is 0 Å². The molecular formula is C12H14O2. The summed E-state index contributed by atoms with van der Waals surface area (Å²) in [4.78, 5) is 11.7. The third kappa shape index (κ3) is 2.20. The summed E-state index contributed by atoms with van der Waals surface area (Å²) in [7, 11) is 0. The Morgan fingerprint density at radius 2 is 2.14 bits per heavy atom. The Bertz CT molecular complexity index is 299. The lowest BCUT2D eigenvalue weighted by atomic mass is 9.98. The second-order valence-electron chi connectivity index (χ2n) is 3.72. The Morgan fingerprint density at radius 1 is 1.36 bits per heavy atom. The number of hydrogen-bond donors (Lipinski definition) is 0. The van der Waals surface area contributed by atoms with Crippen molar-refractivity contribution in [1.29, 1.82) is 0 Å². The maximum absolute atomic E-state index is 11.7. The van der Waals surface area contributed by atoms with Crippen molar-refractivity contribution in [1.82, 2.24) is 0 Å². The maximum Gasteiger partial charge on any atom is 0.163 e. The number of carbonyl (C=O) groups excluding carboxylic acids is 1. The number of ketones is 1. The van der Waals surface area contributed by atoms with Crippen LogP contribution in [-0.4, -0.2) is 19.0 Å². The van der Waals surface area contributed by atoms with Gasteiger partial charge in [0, 0.05) is 25.2 Å². The van der Waals surface area contributed by atoms with Gasteiger partial charge < -0.3 is 4.74 Å². The van der Waals surface area contributed by atoms with E-state index in [1.807, 2.05) is 30.3 Å². The molecule has 1 heterocycles. The van der Waals surface area contributed by atoms with Crippen LogP contribution in [-0.2, 0) is 4.74 Å². The summed E-state index contributed by atoms with van der Waals surface area (Å²) in [6.45, 7) is 1.56. The van der Waals surface area contributed by atoms with Crippen LogP contribution in [0.2, 0.25) is 0 Å². The molecule has 0 aromatic heterocycles. The van der Waals surface area contributed by atoms with Gasteiger partial charge >= 0.3 is 0 Å². The molecule has 2 heteroatoms. The summed E-state index contributed by atoms with van der Waals surface area (Å²) >= 11 is 0. The fourth-order valence-electron chi connectivity index (χ4n) is 1.75. The van der Waals surface area contributed by atoms with Crippen LogP contribution in [0.1, 0.15) is 23.2 Å². The van der Waals surface area contributed by atoms with E-state index in [4.69, 9.17) is 4.74 Å². The second kappa shape index (κ2) is 4.38. The predicted molar refractivity (Wildman–Crippen MR) is 54.3 cm³/mol. The van der Waals surface area contributed by atoms with E-state index in [9.17, 15) is 4.79 Å². The van der Waals surface area contributed by atoms with Gasteiger partial charge in [0.25, 0.3) is 0 Å². The Labute approximate surface area is 83.9 Å². The molecule has 0 saturated carbocycles. The molecule has 14 heavy (non-hydrogen) atoms. The monoisotopic (exact) mass is 190 g/mol. The molecule has 1 atom stereocenters. The van der Waals surface area contributed by atoms with E-state index < -0.39 is 0 Å². The molecule has 1 aromatic rings. The zero-order valence-corrected chi connectivity index (χ0v) is 8.11.